The third kappa shape index (κ3) is 4.13. The van der Waals surface area contributed by atoms with Crippen molar-refractivity contribution in [2.24, 2.45) is 10.9 Å². The lowest BCUT2D eigenvalue weighted by atomic mass is 9.89. The third-order valence-corrected chi connectivity index (χ3v) is 5.64. The SMILES string of the molecule is NC(=O)C(Cl)(c1ccccc1)c1ccc(NC(=O)C2CC(c3cccnc3)=NO2)cc1. The zero-order valence-corrected chi connectivity index (χ0v) is 17.1. The van der Waals surface area contributed by atoms with Crippen LogP contribution < -0.4 is 11.1 Å². The van der Waals surface area contributed by atoms with Gasteiger partial charge in [0.25, 0.3) is 5.91 Å². The molecule has 7 nitrogen and oxygen atoms in total. The van der Waals surface area contributed by atoms with Gasteiger partial charge in [0.15, 0.2) is 4.87 Å². The molecule has 0 aliphatic carbocycles. The molecule has 2 heterocycles. The van der Waals surface area contributed by atoms with Crippen LogP contribution in [0.4, 0.5) is 5.69 Å². The maximum absolute atomic E-state index is 12.6. The van der Waals surface area contributed by atoms with E-state index in [1.165, 1.54) is 0 Å². The number of rotatable bonds is 6. The molecule has 1 aliphatic heterocycles. The molecule has 0 radical (unpaired) electrons. The van der Waals surface area contributed by atoms with Crippen LogP contribution in [0.5, 0.6) is 0 Å². The average molecular weight is 435 g/mol. The highest BCUT2D eigenvalue weighted by atomic mass is 35.5. The molecule has 31 heavy (non-hydrogen) atoms. The lowest BCUT2D eigenvalue weighted by molar-refractivity contribution is -0.125. The van der Waals surface area contributed by atoms with Gasteiger partial charge in [-0.3, -0.25) is 14.6 Å². The molecule has 0 saturated carbocycles. The number of hydrogen-bond acceptors (Lipinski definition) is 5. The van der Waals surface area contributed by atoms with Crippen molar-refractivity contribution in [3.05, 3.63) is 95.8 Å². The van der Waals surface area contributed by atoms with Crippen molar-refractivity contribution < 1.29 is 14.4 Å². The summed E-state index contributed by atoms with van der Waals surface area (Å²) in [5, 5.41) is 6.79. The first-order chi connectivity index (χ1) is 15.0. The molecule has 156 valence electrons. The van der Waals surface area contributed by atoms with E-state index in [2.05, 4.69) is 15.5 Å². The van der Waals surface area contributed by atoms with Crippen LogP contribution >= 0.6 is 11.6 Å². The van der Waals surface area contributed by atoms with Crippen molar-refractivity contribution in [1.29, 1.82) is 0 Å². The number of alkyl halides is 1. The molecule has 1 aliphatic rings. The Kier molecular flexibility index (Phi) is 5.68. The number of hydrogen-bond donors (Lipinski definition) is 2. The van der Waals surface area contributed by atoms with Gasteiger partial charge in [-0.15, -0.1) is 0 Å². The maximum atomic E-state index is 12.6. The third-order valence-electron chi connectivity index (χ3n) is 5.02. The van der Waals surface area contributed by atoms with E-state index in [0.29, 0.717) is 28.9 Å². The Hall–Kier alpha value is -3.71. The van der Waals surface area contributed by atoms with Gasteiger partial charge < -0.3 is 15.9 Å². The summed E-state index contributed by atoms with van der Waals surface area (Å²) >= 11 is 6.66. The number of nitrogens with one attached hydrogen (secondary N) is 1. The summed E-state index contributed by atoms with van der Waals surface area (Å²) in [6, 6.07) is 19.2. The first kappa shape index (κ1) is 20.6. The van der Waals surface area contributed by atoms with Gasteiger partial charge in [-0.1, -0.05) is 59.2 Å². The number of carbonyl (C=O) groups excluding carboxylic acids is 2. The molecule has 1 aromatic heterocycles. The fourth-order valence-electron chi connectivity index (χ4n) is 3.35. The zero-order valence-electron chi connectivity index (χ0n) is 16.4. The number of nitrogens with two attached hydrogens (primary N) is 1. The standard InChI is InChI=1S/C23H19ClN4O3/c24-23(22(25)30,16-6-2-1-3-7-16)17-8-10-18(11-9-17)27-21(29)20-13-19(28-31-20)15-5-4-12-26-14-15/h1-12,14,20H,13H2,(H2,25,30)(H,27,29). The largest absolute Gasteiger partial charge is 0.382 e. The smallest absolute Gasteiger partial charge is 0.268 e. The van der Waals surface area contributed by atoms with Gasteiger partial charge in [0.1, 0.15) is 0 Å². The molecule has 3 N–H and O–H groups in total. The molecule has 0 spiro atoms. The van der Waals surface area contributed by atoms with Crippen molar-refractivity contribution in [2.45, 2.75) is 17.4 Å². The number of halogens is 1. The number of amides is 2. The monoisotopic (exact) mass is 434 g/mol. The van der Waals surface area contributed by atoms with Crippen molar-refractivity contribution in [3.8, 4) is 0 Å². The second kappa shape index (κ2) is 8.57. The second-order valence-corrected chi connectivity index (χ2v) is 7.60. The predicted octanol–water partition coefficient (Wildman–Crippen LogP) is 3.18. The molecule has 8 heteroatoms. The Morgan fingerprint density at radius 3 is 2.39 bits per heavy atom. The van der Waals surface area contributed by atoms with E-state index >= 15 is 0 Å². The molecular weight excluding hydrogens is 416 g/mol. The van der Waals surface area contributed by atoms with Gasteiger partial charge in [-0.2, -0.15) is 0 Å². The summed E-state index contributed by atoms with van der Waals surface area (Å²) in [6.07, 6.45) is 2.94. The summed E-state index contributed by atoms with van der Waals surface area (Å²) < 4.78 is 0. The maximum Gasteiger partial charge on any atom is 0.268 e. The van der Waals surface area contributed by atoms with Crippen molar-refractivity contribution in [2.75, 3.05) is 5.32 Å². The van der Waals surface area contributed by atoms with E-state index in [9.17, 15) is 9.59 Å². The minimum absolute atomic E-state index is 0.328. The quantitative estimate of drug-likeness (QED) is 0.581. The molecule has 0 saturated heterocycles. The number of nitrogens with zero attached hydrogens (tertiary/aromatic N) is 2. The fourth-order valence-corrected chi connectivity index (χ4v) is 3.60. The molecule has 0 fully saturated rings. The van der Waals surface area contributed by atoms with Crippen LogP contribution in [-0.4, -0.2) is 28.6 Å². The van der Waals surface area contributed by atoms with E-state index in [4.69, 9.17) is 22.2 Å². The van der Waals surface area contributed by atoms with Crippen LogP contribution in [-0.2, 0) is 19.3 Å². The van der Waals surface area contributed by atoms with Crippen LogP contribution in [0.25, 0.3) is 0 Å². The van der Waals surface area contributed by atoms with Crippen LogP contribution in [0.15, 0.2) is 84.3 Å². The average Bonchev–Trinajstić information content (AvgIpc) is 3.31. The number of pyridine rings is 1. The summed E-state index contributed by atoms with van der Waals surface area (Å²) in [5.74, 6) is -1.01. The minimum Gasteiger partial charge on any atom is -0.382 e. The highest BCUT2D eigenvalue weighted by Crippen LogP contribution is 2.37. The van der Waals surface area contributed by atoms with E-state index in [-0.39, 0.29) is 5.91 Å². The van der Waals surface area contributed by atoms with Crippen molar-refractivity contribution in [1.82, 2.24) is 4.98 Å². The van der Waals surface area contributed by atoms with E-state index in [1.54, 1.807) is 67.0 Å². The Morgan fingerprint density at radius 2 is 1.74 bits per heavy atom. The van der Waals surface area contributed by atoms with E-state index < -0.39 is 16.9 Å². The second-order valence-electron chi connectivity index (χ2n) is 7.03. The Labute approximate surface area is 183 Å². The van der Waals surface area contributed by atoms with Crippen LogP contribution in [0.1, 0.15) is 23.1 Å². The molecule has 0 bridgehead atoms. The minimum atomic E-state index is -1.51. The van der Waals surface area contributed by atoms with Crippen molar-refractivity contribution >= 4 is 34.8 Å². The first-order valence-corrected chi connectivity index (χ1v) is 9.95. The number of benzene rings is 2. The predicted molar refractivity (Wildman–Crippen MR) is 118 cm³/mol. The number of anilines is 1. The van der Waals surface area contributed by atoms with Gasteiger partial charge in [0.05, 0.1) is 5.71 Å². The number of aromatic nitrogens is 1. The van der Waals surface area contributed by atoms with Crippen molar-refractivity contribution in [3.63, 3.8) is 0 Å². The normalized spacial score (nSPS) is 17.2. The topological polar surface area (TPSA) is 107 Å². The van der Waals surface area contributed by atoms with E-state index in [1.807, 2.05) is 12.1 Å². The van der Waals surface area contributed by atoms with Gasteiger partial charge in [-0.25, -0.2) is 0 Å². The lowest BCUT2D eigenvalue weighted by Crippen LogP contribution is -2.37. The lowest BCUT2D eigenvalue weighted by Gasteiger charge is -2.25. The summed E-state index contributed by atoms with van der Waals surface area (Å²) in [7, 11) is 0. The number of carbonyl (C=O) groups is 2. The first-order valence-electron chi connectivity index (χ1n) is 9.57. The van der Waals surface area contributed by atoms with E-state index in [0.717, 1.165) is 5.56 Å². The highest BCUT2D eigenvalue weighted by Gasteiger charge is 2.38. The fraction of sp³-hybridized carbons (Fsp3) is 0.130. The van der Waals surface area contributed by atoms with Crippen LogP contribution in [0.2, 0.25) is 0 Å². The molecule has 2 amide bonds. The Bertz CT molecular complexity index is 1120. The molecular formula is C23H19ClN4O3. The van der Waals surface area contributed by atoms with Crippen LogP contribution in [0.3, 0.4) is 0 Å². The Morgan fingerprint density at radius 1 is 1.03 bits per heavy atom. The summed E-state index contributed by atoms with van der Waals surface area (Å²) in [5.41, 5.74) is 8.71. The van der Waals surface area contributed by atoms with Gasteiger partial charge >= 0.3 is 0 Å². The molecule has 2 atom stereocenters. The summed E-state index contributed by atoms with van der Waals surface area (Å²) in [4.78, 5) is 32.6. The number of oxime groups is 1. The highest BCUT2D eigenvalue weighted by molar-refractivity contribution is 6.36. The van der Waals surface area contributed by atoms with Gasteiger partial charge in [-0.05, 0) is 35.4 Å². The van der Waals surface area contributed by atoms with Gasteiger partial charge in [0.2, 0.25) is 12.0 Å². The number of primary amides is 1. The zero-order chi connectivity index (χ0) is 21.8. The van der Waals surface area contributed by atoms with Crippen LogP contribution in [0, 0.1) is 0 Å². The summed E-state index contributed by atoms with van der Waals surface area (Å²) in [6.45, 7) is 0. The van der Waals surface area contributed by atoms with Gasteiger partial charge in [0, 0.05) is 30.1 Å². The molecule has 4 rings (SSSR count). The Balaban J connectivity index is 1.45. The molecule has 3 aromatic rings. The molecule has 2 unspecified atom stereocenters. The molecule has 2 aromatic carbocycles.